The van der Waals surface area contributed by atoms with Crippen LogP contribution in [0.25, 0.3) is 0 Å². The van der Waals surface area contributed by atoms with Gasteiger partial charge < -0.3 is 14.6 Å². The molecule has 1 aromatic heterocycles. The predicted octanol–water partition coefficient (Wildman–Crippen LogP) is 1.35. The van der Waals surface area contributed by atoms with E-state index in [4.69, 9.17) is 9.26 Å². The number of carbonyl (C=O) groups is 4. The lowest BCUT2D eigenvalue weighted by Crippen LogP contribution is -2.54. The van der Waals surface area contributed by atoms with Crippen LogP contribution in [0.15, 0.2) is 10.6 Å². The Morgan fingerprint density at radius 1 is 1.46 bits per heavy atom. The Morgan fingerprint density at radius 2 is 2.21 bits per heavy atom. The Labute approximate surface area is 161 Å². The Balaban J connectivity index is 1.57. The summed E-state index contributed by atoms with van der Waals surface area (Å²) < 4.78 is 9.94. The molecule has 2 N–H and O–H groups in total. The zero-order valence-electron chi connectivity index (χ0n) is 16.1. The predicted molar refractivity (Wildman–Crippen MR) is 96.0 cm³/mol. The summed E-state index contributed by atoms with van der Waals surface area (Å²) >= 11 is 0. The van der Waals surface area contributed by atoms with Gasteiger partial charge >= 0.3 is 12.0 Å². The van der Waals surface area contributed by atoms with E-state index in [1.807, 2.05) is 6.92 Å². The van der Waals surface area contributed by atoms with Crippen molar-refractivity contribution in [3.8, 4) is 0 Å². The van der Waals surface area contributed by atoms with Gasteiger partial charge in [0.25, 0.3) is 11.8 Å². The van der Waals surface area contributed by atoms with Crippen molar-refractivity contribution in [1.82, 2.24) is 15.4 Å². The fourth-order valence-electron chi connectivity index (χ4n) is 3.70. The van der Waals surface area contributed by atoms with Crippen molar-refractivity contribution < 1.29 is 28.4 Å². The highest BCUT2D eigenvalue weighted by Crippen LogP contribution is 2.38. The van der Waals surface area contributed by atoms with Gasteiger partial charge in [-0.15, -0.1) is 0 Å². The third kappa shape index (κ3) is 3.71. The van der Waals surface area contributed by atoms with Crippen molar-refractivity contribution in [2.75, 3.05) is 11.9 Å². The standard InChI is InChI=1S/C18H24N4O6/c1-10-6-4-5-7-18(10)16(25)22(17(26)20-18)9-14(23)27-12(3)15(24)19-13-8-11(2)21-28-13/h8,10,12H,4-7,9H2,1-3H3,(H,19,24)(H,20,26). The largest absolute Gasteiger partial charge is 0.451 e. The number of aryl methyl sites for hydroxylation is 1. The third-order valence-electron chi connectivity index (χ3n) is 5.34. The molecule has 10 nitrogen and oxygen atoms in total. The highest BCUT2D eigenvalue weighted by atomic mass is 16.5. The number of nitrogens with one attached hydrogen (secondary N) is 2. The molecule has 1 saturated heterocycles. The molecular weight excluding hydrogens is 368 g/mol. The number of esters is 1. The number of amides is 4. The van der Waals surface area contributed by atoms with Gasteiger partial charge in [0, 0.05) is 6.07 Å². The zero-order valence-corrected chi connectivity index (χ0v) is 16.1. The van der Waals surface area contributed by atoms with Crippen LogP contribution in [0.3, 0.4) is 0 Å². The molecule has 3 rings (SSSR count). The molecule has 2 heterocycles. The summed E-state index contributed by atoms with van der Waals surface area (Å²) in [6, 6.07) is 0.912. The Kier molecular flexibility index (Phi) is 5.39. The number of imide groups is 1. The Morgan fingerprint density at radius 3 is 2.86 bits per heavy atom. The summed E-state index contributed by atoms with van der Waals surface area (Å²) in [5.74, 6) is -1.74. The molecule has 10 heteroatoms. The topological polar surface area (TPSA) is 131 Å². The van der Waals surface area contributed by atoms with E-state index < -0.39 is 42.0 Å². The van der Waals surface area contributed by atoms with Crippen LogP contribution in [-0.4, -0.2) is 52.1 Å². The summed E-state index contributed by atoms with van der Waals surface area (Å²) in [5.41, 5.74) is -0.354. The van der Waals surface area contributed by atoms with Crippen molar-refractivity contribution in [2.45, 2.75) is 58.1 Å². The molecule has 0 bridgehead atoms. The quantitative estimate of drug-likeness (QED) is 0.571. The molecule has 1 saturated carbocycles. The van der Waals surface area contributed by atoms with E-state index in [1.54, 1.807) is 6.92 Å². The monoisotopic (exact) mass is 392 g/mol. The van der Waals surface area contributed by atoms with Gasteiger partial charge in [-0.1, -0.05) is 24.9 Å². The maximum atomic E-state index is 12.8. The average molecular weight is 392 g/mol. The van der Waals surface area contributed by atoms with Gasteiger partial charge in [-0.2, -0.15) is 0 Å². The van der Waals surface area contributed by atoms with Crippen LogP contribution in [0.2, 0.25) is 0 Å². The fraction of sp³-hybridized carbons (Fsp3) is 0.611. The number of hydrogen-bond donors (Lipinski definition) is 2. The van der Waals surface area contributed by atoms with Crippen LogP contribution in [0.5, 0.6) is 0 Å². The van der Waals surface area contributed by atoms with Crippen molar-refractivity contribution in [2.24, 2.45) is 5.92 Å². The molecule has 1 aliphatic carbocycles. The number of aromatic nitrogens is 1. The summed E-state index contributed by atoms with van der Waals surface area (Å²) in [6.45, 7) is 4.46. The van der Waals surface area contributed by atoms with E-state index in [1.165, 1.54) is 13.0 Å². The van der Waals surface area contributed by atoms with Gasteiger partial charge in [-0.3, -0.25) is 24.6 Å². The van der Waals surface area contributed by atoms with E-state index in [0.29, 0.717) is 12.1 Å². The highest BCUT2D eigenvalue weighted by molar-refractivity contribution is 6.09. The number of carbonyl (C=O) groups excluding carboxylic acids is 4. The van der Waals surface area contributed by atoms with Crippen LogP contribution in [0.4, 0.5) is 10.7 Å². The van der Waals surface area contributed by atoms with Crippen molar-refractivity contribution in [1.29, 1.82) is 0 Å². The first kappa shape index (κ1) is 19.8. The van der Waals surface area contributed by atoms with E-state index in [0.717, 1.165) is 24.2 Å². The van der Waals surface area contributed by atoms with Gasteiger partial charge in [-0.05, 0) is 32.6 Å². The first-order chi connectivity index (χ1) is 13.2. The van der Waals surface area contributed by atoms with Gasteiger partial charge in [0.15, 0.2) is 6.10 Å². The molecule has 0 aromatic carbocycles. The number of urea groups is 1. The van der Waals surface area contributed by atoms with E-state index in [2.05, 4.69) is 15.8 Å². The van der Waals surface area contributed by atoms with Gasteiger partial charge in [-0.25, -0.2) is 4.79 Å². The third-order valence-corrected chi connectivity index (χ3v) is 5.34. The first-order valence-corrected chi connectivity index (χ1v) is 9.30. The number of ether oxygens (including phenoxy) is 1. The molecule has 2 fully saturated rings. The smallest absolute Gasteiger partial charge is 0.327 e. The summed E-state index contributed by atoms with van der Waals surface area (Å²) in [4.78, 5) is 50.3. The number of nitrogens with zero attached hydrogens (tertiary/aromatic N) is 2. The molecule has 0 radical (unpaired) electrons. The minimum absolute atomic E-state index is 0.00576. The van der Waals surface area contributed by atoms with Crippen LogP contribution in [0.1, 0.15) is 45.2 Å². The maximum absolute atomic E-state index is 12.8. The van der Waals surface area contributed by atoms with Crippen LogP contribution in [-0.2, 0) is 19.1 Å². The normalized spacial score (nSPS) is 25.5. The van der Waals surface area contributed by atoms with E-state index >= 15 is 0 Å². The van der Waals surface area contributed by atoms with E-state index in [9.17, 15) is 19.2 Å². The molecule has 3 atom stereocenters. The number of anilines is 1. The minimum Gasteiger partial charge on any atom is -0.451 e. The zero-order chi connectivity index (χ0) is 20.5. The Hall–Kier alpha value is -2.91. The van der Waals surface area contributed by atoms with Gasteiger partial charge in [0.05, 0.1) is 5.69 Å². The average Bonchev–Trinajstić information content (AvgIpc) is 3.14. The molecule has 4 amide bonds. The molecule has 28 heavy (non-hydrogen) atoms. The molecule has 2 aliphatic rings. The van der Waals surface area contributed by atoms with Crippen molar-refractivity contribution >= 4 is 29.7 Å². The first-order valence-electron chi connectivity index (χ1n) is 9.30. The summed E-state index contributed by atoms with van der Waals surface area (Å²) in [6.07, 6.45) is 2.10. The molecule has 1 spiro atoms. The van der Waals surface area contributed by atoms with Crippen LogP contribution in [0, 0.1) is 12.8 Å². The lowest BCUT2D eigenvalue weighted by Gasteiger charge is -2.36. The number of hydrogen-bond acceptors (Lipinski definition) is 7. The fourth-order valence-corrected chi connectivity index (χ4v) is 3.70. The second-order valence-corrected chi connectivity index (χ2v) is 7.39. The molecule has 1 aromatic rings. The van der Waals surface area contributed by atoms with Gasteiger partial charge in [0.1, 0.15) is 12.1 Å². The lowest BCUT2D eigenvalue weighted by molar-refractivity contribution is -0.155. The summed E-state index contributed by atoms with van der Waals surface area (Å²) in [7, 11) is 0. The van der Waals surface area contributed by atoms with E-state index in [-0.39, 0.29) is 11.8 Å². The minimum atomic E-state index is -1.14. The summed E-state index contributed by atoms with van der Waals surface area (Å²) in [5, 5.41) is 8.83. The second-order valence-electron chi connectivity index (χ2n) is 7.39. The maximum Gasteiger partial charge on any atom is 0.327 e. The Bertz CT molecular complexity index is 806. The SMILES string of the molecule is Cc1cc(NC(=O)C(C)OC(=O)CN2C(=O)NC3(CCCCC3C)C2=O)on1. The van der Waals surface area contributed by atoms with Crippen molar-refractivity contribution in [3.05, 3.63) is 11.8 Å². The molecule has 1 aliphatic heterocycles. The number of rotatable bonds is 5. The lowest BCUT2D eigenvalue weighted by atomic mass is 9.73. The molecule has 3 unspecified atom stereocenters. The van der Waals surface area contributed by atoms with Crippen molar-refractivity contribution in [3.63, 3.8) is 0 Å². The molecular formula is C18H24N4O6. The second kappa shape index (κ2) is 7.61. The molecule has 152 valence electrons. The van der Waals surface area contributed by atoms with Gasteiger partial charge in [0.2, 0.25) is 5.88 Å². The highest BCUT2D eigenvalue weighted by Gasteiger charge is 2.55. The van der Waals surface area contributed by atoms with Crippen LogP contribution >= 0.6 is 0 Å². The van der Waals surface area contributed by atoms with Crippen LogP contribution < -0.4 is 10.6 Å².